The topological polar surface area (TPSA) is 69.7 Å². The van der Waals surface area contributed by atoms with Gasteiger partial charge in [-0.1, -0.05) is 6.07 Å². The van der Waals surface area contributed by atoms with Crippen LogP contribution in [0.25, 0.3) is 0 Å². The van der Waals surface area contributed by atoms with E-state index in [1.165, 1.54) is 22.5 Å². The van der Waals surface area contributed by atoms with Crippen molar-refractivity contribution in [2.24, 2.45) is 0 Å². The van der Waals surface area contributed by atoms with E-state index >= 15 is 0 Å². The molecule has 0 atom stereocenters. The number of nitrogens with one attached hydrogen (secondary N) is 1. The highest BCUT2D eigenvalue weighted by Crippen LogP contribution is 2.28. The molecule has 0 spiro atoms. The van der Waals surface area contributed by atoms with Crippen LogP contribution in [0.15, 0.2) is 58.8 Å². The second-order valence-electron chi connectivity index (χ2n) is 7.81. The molecule has 1 saturated heterocycles. The average Bonchev–Trinajstić information content (AvgIpc) is 3.25. The molecule has 2 aromatic carbocycles. The first kappa shape index (κ1) is 22.4. The summed E-state index contributed by atoms with van der Waals surface area (Å²) in [6, 6.07) is 13.4. The number of sulfonamides is 1. The average molecular weight is 474 g/mol. The lowest BCUT2D eigenvalue weighted by atomic mass is 10.1. The Balaban J connectivity index is 1.49. The predicted octanol–water partition coefficient (Wildman–Crippen LogP) is 4.27. The number of benzene rings is 2. The minimum atomic E-state index is -3.82. The third-order valence-corrected chi connectivity index (χ3v) is 8.35. The monoisotopic (exact) mass is 473 g/mol. The molecule has 3 aromatic rings. The molecule has 1 fully saturated rings. The molecule has 0 bridgehead atoms. The number of thiophene rings is 1. The number of halogens is 1. The molecule has 32 heavy (non-hydrogen) atoms. The van der Waals surface area contributed by atoms with Crippen molar-refractivity contribution in [3.05, 3.63) is 75.7 Å². The number of anilines is 2. The van der Waals surface area contributed by atoms with Crippen LogP contribution in [0.2, 0.25) is 0 Å². The minimum absolute atomic E-state index is 0.0274. The third kappa shape index (κ3) is 4.69. The van der Waals surface area contributed by atoms with E-state index in [2.05, 4.69) is 5.32 Å². The van der Waals surface area contributed by atoms with E-state index in [0.717, 1.165) is 28.2 Å². The Bertz CT molecular complexity index is 1210. The zero-order valence-electron chi connectivity index (χ0n) is 17.8. The van der Waals surface area contributed by atoms with Crippen molar-refractivity contribution in [3.63, 3.8) is 0 Å². The third-order valence-electron chi connectivity index (χ3n) is 5.36. The lowest BCUT2D eigenvalue weighted by Gasteiger charge is -2.35. The number of piperazine rings is 1. The molecule has 0 radical (unpaired) electrons. The van der Waals surface area contributed by atoms with Gasteiger partial charge in [-0.05, 0) is 72.8 Å². The molecule has 1 amide bonds. The van der Waals surface area contributed by atoms with E-state index in [1.807, 2.05) is 36.9 Å². The fraction of sp³-hybridized carbons (Fsp3) is 0.261. The molecule has 1 aromatic heterocycles. The van der Waals surface area contributed by atoms with Crippen LogP contribution in [-0.2, 0) is 10.0 Å². The van der Waals surface area contributed by atoms with Crippen LogP contribution in [0.3, 0.4) is 0 Å². The van der Waals surface area contributed by atoms with Crippen LogP contribution >= 0.6 is 11.3 Å². The molecule has 4 rings (SSSR count). The molecule has 0 saturated carbocycles. The summed E-state index contributed by atoms with van der Waals surface area (Å²) in [6.07, 6.45) is 0. The summed E-state index contributed by atoms with van der Waals surface area (Å²) in [4.78, 5) is 15.1. The van der Waals surface area contributed by atoms with Crippen molar-refractivity contribution < 1.29 is 17.6 Å². The van der Waals surface area contributed by atoms with Gasteiger partial charge >= 0.3 is 0 Å². The van der Waals surface area contributed by atoms with Gasteiger partial charge in [-0.3, -0.25) is 4.79 Å². The van der Waals surface area contributed by atoms with Crippen molar-refractivity contribution in [3.8, 4) is 0 Å². The summed E-state index contributed by atoms with van der Waals surface area (Å²) in [5, 5.41) is 4.45. The maximum Gasteiger partial charge on any atom is 0.267 e. The Kier molecular flexibility index (Phi) is 6.32. The van der Waals surface area contributed by atoms with Crippen LogP contribution in [-0.4, -0.2) is 44.8 Å². The molecule has 2 heterocycles. The quantitative estimate of drug-likeness (QED) is 0.601. The highest BCUT2D eigenvalue weighted by molar-refractivity contribution is 7.89. The maximum absolute atomic E-state index is 13.3. The van der Waals surface area contributed by atoms with Gasteiger partial charge in [0.15, 0.2) is 0 Å². The number of amides is 1. The van der Waals surface area contributed by atoms with Gasteiger partial charge in [0, 0.05) is 37.6 Å². The normalized spacial score (nSPS) is 15.0. The minimum Gasteiger partial charge on any atom is -0.369 e. The molecular formula is C23H24FN3O3S2. The Morgan fingerprint density at radius 2 is 1.59 bits per heavy atom. The van der Waals surface area contributed by atoms with Crippen LogP contribution in [0.4, 0.5) is 15.8 Å². The zero-order valence-corrected chi connectivity index (χ0v) is 19.5. The summed E-state index contributed by atoms with van der Waals surface area (Å²) in [5.74, 6) is -0.743. The SMILES string of the molecule is Cc1cc(C)cc(NC(=O)c2sccc2S(=O)(=O)N2CCN(c3ccc(F)cc3)CC2)c1. The maximum atomic E-state index is 13.3. The molecular weight excluding hydrogens is 449 g/mol. The standard InChI is InChI=1S/C23H24FN3O3S2/c1-16-13-17(2)15-19(14-16)25-23(28)22-21(7-12-31-22)32(29,30)27-10-8-26(9-11-27)20-5-3-18(24)4-6-20/h3-7,12-15H,8-11H2,1-2H3,(H,25,28). The van der Waals surface area contributed by atoms with Crippen LogP contribution < -0.4 is 10.2 Å². The molecule has 1 aliphatic rings. The number of carbonyl (C=O) groups is 1. The van der Waals surface area contributed by atoms with Gasteiger partial charge in [-0.2, -0.15) is 4.31 Å². The smallest absolute Gasteiger partial charge is 0.267 e. The summed E-state index contributed by atoms with van der Waals surface area (Å²) in [7, 11) is -3.82. The van der Waals surface area contributed by atoms with E-state index < -0.39 is 15.9 Å². The number of hydrogen-bond acceptors (Lipinski definition) is 5. The molecule has 9 heteroatoms. The fourth-order valence-electron chi connectivity index (χ4n) is 3.88. The number of hydrogen-bond donors (Lipinski definition) is 1. The van der Waals surface area contributed by atoms with Gasteiger partial charge < -0.3 is 10.2 Å². The van der Waals surface area contributed by atoms with Crippen LogP contribution in [0.5, 0.6) is 0 Å². The van der Waals surface area contributed by atoms with Crippen LogP contribution in [0, 0.1) is 19.7 Å². The van der Waals surface area contributed by atoms with Gasteiger partial charge in [0.25, 0.3) is 5.91 Å². The van der Waals surface area contributed by atoms with E-state index in [-0.39, 0.29) is 28.7 Å². The fourth-order valence-corrected chi connectivity index (χ4v) is 6.60. The van der Waals surface area contributed by atoms with Crippen molar-refractivity contribution in [1.29, 1.82) is 0 Å². The van der Waals surface area contributed by atoms with E-state index in [9.17, 15) is 17.6 Å². The summed E-state index contributed by atoms with van der Waals surface area (Å²) in [5.41, 5.74) is 3.52. The summed E-state index contributed by atoms with van der Waals surface area (Å²) < 4.78 is 41.2. The highest BCUT2D eigenvalue weighted by Gasteiger charge is 2.32. The Labute approximate surface area is 191 Å². The van der Waals surface area contributed by atoms with Gasteiger partial charge in [0.2, 0.25) is 10.0 Å². The molecule has 168 valence electrons. The number of carbonyl (C=O) groups excluding carboxylic acids is 1. The Hall–Kier alpha value is -2.75. The Morgan fingerprint density at radius 3 is 2.22 bits per heavy atom. The van der Waals surface area contributed by atoms with Gasteiger partial charge in [-0.25, -0.2) is 12.8 Å². The Morgan fingerprint density at radius 1 is 0.969 bits per heavy atom. The number of nitrogens with zero attached hydrogens (tertiary/aromatic N) is 2. The van der Waals surface area contributed by atoms with Crippen molar-refractivity contribution in [2.45, 2.75) is 18.7 Å². The summed E-state index contributed by atoms with van der Waals surface area (Å²) in [6.45, 7) is 5.42. The second kappa shape index (κ2) is 9.01. The summed E-state index contributed by atoms with van der Waals surface area (Å²) >= 11 is 1.11. The largest absolute Gasteiger partial charge is 0.369 e. The van der Waals surface area contributed by atoms with E-state index in [0.29, 0.717) is 18.8 Å². The van der Waals surface area contributed by atoms with E-state index in [4.69, 9.17) is 0 Å². The first-order chi connectivity index (χ1) is 15.2. The molecule has 1 N–H and O–H groups in total. The van der Waals surface area contributed by atoms with Crippen molar-refractivity contribution in [1.82, 2.24) is 4.31 Å². The molecule has 1 aliphatic heterocycles. The van der Waals surface area contributed by atoms with Gasteiger partial charge in [0.1, 0.15) is 15.6 Å². The predicted molar refractivity (Wildman–Crippen MR) is 126 cm³/mol. The second-order valence-corrected chi connectivity index (χ2v) is 10.6. The highest BCUT2D eigenvalue weighted by atomic mass is 32.2. The zero-order chi connectivity index (χ0) is 22.9. The van der Waals surface area contributed by atoms with E-state index in [1.54, 1.807) is 17.5 Å². The van der Waals surface area contributed by atoms with Crippen molar-refractivity contribution in [2.75, 3.05) is 36.4 Å². The number of rotatable bonds is 5. The first-order valence-corrected chi connectivity index (χ1v) is 12.5. The number of aryl methyl sites for hydroxylation is 2. The molecule has 0 aliphatic carbocycles. The van der Waals surface area contributed by atoms with Gasteiger partial charge in [-0.15, -0.1) is 11.3 Å². The lowest BCUT2D eigenvalue weighted by Crippen LogP contribution is -2.48. The molecule has 6 nitrogen and oxygen atoms in total. The van der Waals surface area contributed by atoms with Gasteiger partial charge in [0.05, 0.1) is 0 Å². The van der Waals surface area contributed by atoms with Crippen LogP contribution in [0.1, 0.15) is 20.8 Å². The first-order valence-electron chi connectivity index (χ1n) is 10.2. The molecule has 0 unspecified atom stereocenters. The lowest BCUT2D eigenvalue weighted by molar-refractivity contribution is 0.102. The van der Waals surface area contributed by atoms with Crippen molar-refractivity contribution >= 4 is 38.6 Å².